The zero-order valence-corrected chi connectivity index (χ0v) is 14.1. The van der Waals surface area contributed by atoms with Gasteiger partial charge in [-0.25, -0.2) is 0 Å². The van der Waals surface area contributed by atoms with E-state index < -0.39 is 6.10 Å². The molecule has 1 atom stereocenters. The third kappa shape index (κ3) is 3.36. The highest BCUT2D eigenvalue weighted by Gasteiger charge is 2.29. The van der Waals surface area contributed by atoms with Crippen LogP contribution in [0.3, 0.4) is 0 Å². The second kappa shape index (κ2) is 6.93. The molecule has 0 saturated carbocycles. The number of carbonyl (C=O) groups excluding carboxylic acids is 1. The van der Waals surface area contributed by atoms with Gasteiger partial charge in [-0.15, -0.1) is 0 Å². The van der Waals surface area contributed by atoms with Gasteiger partial charge < -0.3 is 14.9 Å². The molecule has 1 heterocycles. The summed E-state index contributed by atoms with van der Waals surface area (Å²) in [6, 6.07) is 13.1. The average Bonchev–Trinajstić information content (AvgIpc) is 3.09. The molecule has 1 aliphatic heterocycles. The predicted molar refractivity (Wildman–Crippen MR) is 93.8 cm³/mol. The van der Waals surface area contributed by atoms with Crippen LogP contribution in [0.25, 0.3) is 0 Å². The first-order valence-corrected chi connectivity index (χ1v) is 7.89. The molecule has 0 spiro atoms. The Hall–Kier alpha value is -2.53. The highest BCUT2D eigenvalue weighted by Crippen LogP contribution is 2.31. The summed E-state index contributed by atoms with van der Waals surface area (Å²) >= 11 is 6.08. The number of hydrogen-bond donors (Lipinski definition) is 1. The van der Waals surface area contributed by atoms with E-state index in [0.717, 1.165) is 16.8 Å². The number of oxime groups is 1. The van der Waals surface area contributed by atoms with Gasteiger partial charge in [0.05, 0.1) is 18.5 Å². The van der Waals surface area contributed by atoms with Gasteiger partial charge in [-0.05, 0) is 24.1 Å². The van der Waals surface area contributed by atoms with Gasteiger partial charge in [-0.1, -0.05) is 47.1 Å². The fourth-order valence-corrected chi connectivity index (χ4v) is 2.62. The minimum absolute atomic E-state index is 0.273. The van der Waals surface area contributed by atoms with Crippen molar-refractivity contribution >= 4 is 28.9 Å². The fraction of sp³-hybridized carbons (Fsp3) is 0.222. The van der Waals surface area contributed by atoms with Crippen LogP contribution in [0.5, 0.6) is 5.75 Å². The van der Waals surface area contributed by atoms with Crippen molar-refractivity contribution in [3.05, 3.63) is 58.6 Å². The number of nitrogens with one attached hydrogen (secondary N) is 1. The van der Waals surface area contributed by atoms with Gasteiger partial charge in [-0.2, -0.15) is 0 Å². The largest absolute Gasteiger partial charge is 0.495 e. The van der Waals surface area contributed by atoms with Crippen molar-refractivity contribution in [1.82, 2.24) is 0 Å². The van der Waals surface area contributed by atoms with Crippen LogP contribution >= 0.6 is 11.6 Å². The number of carbonyl (C=O) groups is 1. The Labute approximate surface area is 145 Å². The molecule has 2 aromatic rings. The Morgan fingerprint density at radius 3 is 2.79 bits per heavy atom. The summed E-state index contributed by atoms with van der Waals surface area (Å²) in [5.41, 5.74) is 3.12. The van der Waals surface area contributed by atoms with Crippen LogP contribution in [-0.2, 0) is 9.63 Å². The first kappa shape index (κ1) is 16.3. The Kier molecular flexibility index (Phi) is 4.71. The van der Waals surface area contributed by atoms with E-state index in [-0.39, 0.29) is 5.91 Å². The lowest BCUT2D eigenvalue weighted by atomic mass is 10.0. The molecule has 3 rings (SSSR count). The van der Waals surface area contributed by atoms with Gasteiger partial charge in [-0.3, -0.25) is 4.79 Å². The maximum atomic E-state index is 12.5. The summed E-state index contributed by atoms with van der Waals surface area (Å²) in [5.74, 6) is 0.228. The Bertz CT molecular complexity index is 790. The van der Waals surface area contributed by atoms with Crippen molar-refractivity contribution in [3.8, 4) is 5.75 Å². The van der Waals surface area contributed by atoms with Crippen molar-refractivity contribution in [2.24, 2.45) is 5.16 Å². The molecule has 0 fully saturated rings. The Morgan fingerprint density at radius 2 is 2.08 bits per heavy atom. The first-order chi connectivity index (χ1) is 11.6. The third-order valence-electron chi connectivity index (χ3n) is 3.81. The summed E-state index contributed by atoms with van der Waals surface area (Å²) < 4.78 is 5.27. The van der Waals surface area contributed by atoms with Gasteiger partial charge in [0.2, 0.25) is 6.10 Å². The van der Waals surface area contributed by atoms with E-state index in [4.69, 9.17) is 21.2 Å². The van der Waals surface area contributed by atoms with E-state index in [9.17, 15) is 4.79 Å². The molecule has 5 nitrogen and oxygen atoms in total. The molecule has 0 aromatic heterocycles. The molecule has 2 aromatic carbocycles. The fourth-order valence-electron chi connectivity index (χ4n) is 2.46. The van der Waals surface area contributed by atoms with E-state index in [1.165, 1.54) is 7.11 Å². The molecule has 0 unspecified atom stereocenters. The molecule has 1 amide bonds. The van der Waals surface area contributed by atoms with E-state index >= 15 is 0 Å². The summed E-state index contributed by atoms with van der Waals surface area (Å²) in [5, 5.41) is 7.43. The van der Waals surface area contributed by atoms with Crippen molar-refractivity contribution in [3.63, 3.8) is 0 Å². The third-order valence-corrected chi connectivity index (χ3v) is 4.21. The number of aryl methyl sites for hydroxylation is 1. The van der Waals surface area contributed by atoms with Crippen molar-refractivity contribution < 1.29 is 14.4 Å². The molecule has 1 aliphatic rings. The summed E-state index contributed by atoms with van der Waals surface area (Å²) in [4.78, 5) is 17.7. The molecule has 0 saturated heterocycles. The summed E-state index contributed by atoms with van der Waals surface area (Å²) in [6.07, 6.45) is -0.244. The van der Waals surface area contributed by atoms with E-state index in [0.29, 0.717) is 22.9 Å². The Balaban J connectivity index is 1.70. The number of benzene rings is 2. The molecule has 24 heavy (non-hydrogen) atoms. The molecule has 0 bridgehead atoms. The van der Waals surface area contributed by atoms with Gasteiger partial charge in [0.25, 0.3) is 5.91 Å². The number of methoxy groups -OCH3 is 1. The summed E-state index contributed by atoms with van der Waals surface area (Å²) in [6.45, 7) is 1.86. The number of halogens is 1. The number of ether oxygens (including phenoxy) is 1. The van der Waals surface area contributed by atoms with Crippen LogP contribution in [0.15, 0.2) is 47.6 Å². The molecule has 6 heteroatoms. The van der Waals surface area contributed by atoms with Crippen LogP contribution in [0, 0.1) is 6.92 Å². The van der Waals surface area contributed by atoms with Crippen LogP contribution in [0.4, 0.5) is 5.69 Å². The van der Waals surface area contributed by atoms with Gasteiger partial charge in [0, 0.05) is 17.5 Å². The highest BCUT2D eigenvalue weighted by atomic mass is 35.5. The minimum atomic E-state index is -0.666. The second-order valence-electron chi connectivity index (χ2n) is 5.49. The van der Waals surface area contributed by atoms with Gasteiger partial charge in [0.1, 0.15) is 5.75 Å². The quantitative estimate of drug-likeness (QED) is 0.918. The smallest absolute Gasteiger partial charge is 0.268 e. The number of nitrogens with zero attached hydrogens (tertiary/aromatic N) is 1. The number of amides is 1. The van der Waals surface area contributed by atoms with Crippen LogP contribution in [-0.4, -0.2) is 24.8 Å². The molecule has 1 N–H and O–H groups in total. The van der Waals surface area contributed by atoms with Crippen LogP contribution in [0.2, 0.25) is 5.02 Å². The van der Waals surface area contributed by atoms with Gasteiger partial charge in [0.15, 0.2) is 0 Å². The zero-order chi connectivity index (χ0) is 17.1. The highest BCUT2D eigenvalue weighted by molar-refractivity contribution is 6.31. The average molecular weight is 345 g/mol. The van der Waals surface area contributed by atoms with E-state index in [1.807, 2.05) is 37.3 Å². The van der Waals surface area contributed by atoms with E-state index in [1.54, 1.807) is 12.1 Å². The van der Waals surface area contributed by atoms with Crippen LogP contribution in [0.1, 0.15) is 17.5 Å². The maximum Gasteiger partial charge on any atom is 0.268 e. The monoisotopic (exact) mass is 344 g/mol. The predicted octanol–water partition coefficient (Wildman–Crippen LogP) is 3.79. The van der Waals surface area contributed by atoms with Crippen molar-refractivity contribution in [1.29, 1.82) is 0 Å². The number of rotatable bonds is 4. The first-order valence-electron chi connectivity index (χ1n) is 7.51. The molecule has 124 valence electrons. The lowest BCUT2D eigenvalue weighted by molar-refractivity contribution is -0.125. The Morgan fingerprint density at radius 1 is 1.33 bits per heavy atom. The van der Waals surface area contributed by atoms with Crippen molar-refractivity contribution in [2.75, 3.05) is 12.4 Å². The molecule has 0 radical (unpaired) electrons. The van der Waals surface area contributed by atoms with E-state index in [2.05, 4.69) is 10.5 Å². The normalized spacial score (nSPS) is 16.3. The topological polar surface area (TPSA) is 59.9 Å². The number of anilines is 1. The standard InChI is InChI=1S/C18H17ClN2O3/c1-11-8-15(16(23-2)9-13(11)19)20-18(22)17-10-14(21-24-17)12-6-4-3-5-7-12/h3-9,17H,10H2,1-2H3,(H,20,22)/t17-/m0/s1. The summed E-state index contributed by atoms with van der Waals surface area (Å²) in [7, 11) is 1.53. The van der Waals surface area contributed by atoms with Crippen LogP contribution < -0.4 is 10.1 Å². The molecular formula is C18H17ClN2O3. The molecule has 0 aliphatic carbocycles. The van der Waals surface area contributed by atoms with Crippen molar-refractivity contribution in [2.45, 2.75) is 19.4 Å². The lowest BCUT2D eigenvalue weighted by Gasteiger charge is -2.14. The minimum Gasteiger partial charge on any atom is -0.495 e. The number of hydrogen-bond acceptors (Lipinski definition) is 4. The second-order valence-corrected chi connectivity index (χ2v) is 5.90. The lowest BCUT2D eigenvalue weighted by Crippen LogP contribution is -2.28. The zero-order valence-electron chi connectivity index (χ0n) is 13.4. The van der Waals surface area contributed by atoms with Gasteiger partial charge >= 0.3 is 0 Å². The maximum absolute atomic E-state index is 12.5. The molecular weight excluding hydrogens is 328 g/mol. The SMILES string of the molecule is COc1cc(Cl)c(C)cc1NC(=O)[C@@H]1CC(c2ccccc2)=NO1.